The fourth-order valence-corrected chi connectivity index (χ4v) is 3.50. The van der Waals surface area contributed by atoms with Gasteiger partial charge in [-0.1, -0.05) is 23.7 Å². The van der Waals surface area contributed by atoms with Crippen molar-refractivity contribution >= 4 is 23.3 Å². The van der Waals surface area contributed by atoms with E-state index in [0.29, 0.717) is 24.3 Å². The first-order chi connectivity index (χ1) is 13.7. The van der Waals surface area contributed by atoms with Crippen molar-refractivity contribution in [3.63, 3.8) is 0 Å². The zero-order valence-corrected chi connectivity index (χ0v) is 15.6. The highest BCUT2D eigenvalue weighted by atomic mass is 35.5. The van der Waals surface area contributed by atoms with Crippen molar-refractivity contribution in [2.45, 2.75) is 24.6 Å². The van der Waals surface area contributed by atoms with Gasteiger partial charge in [-0.15, -0.1) is 0 Å². The second-order valence-corrected chi connectivity index (χ2v) is 6.99. The molecular weight excluding hydrogens is 412 g/mol. The molecule has 1 fully saturated rings. The number of nitriles is 1. The average Bonchev–Trinajstić information content (AvgIpc) is 2.68. The highest BCUT2D eigenvalue weighted by molar-refractivity contribution is 6.31. The van der Waals surface area contributed by atoms with Crippen LogP contribution in [0.2, 0.25) is 5.02 Å². The van der Waals surface area contributed by atoms with Gasteiger partial charge in [-0.3, -0.25) is 4.79 Å². The summed E-state index contributed by atoms with van der Waals surface area (Å²) in [5, 5.41) is 11.3. The number of rotatable bonds is 3. The number of anilines is 1. The molecule has 3 rings (SSSR count). The number of halogens is 5. The largest absolute Gasteiger partial charge is 0.471 e. The predicted molar refractivity (Wildman–Crippen MR) is 97.9 cm³/mol. The van der Waals surface area contributed by atoms with Gasteiger partial charge >= 0.3 is 12.1 Å². The molecule has 152 valence electrons. The van der Waals surface area contributed by atoms with E-state index in [-0.39, 0.29) is 17.3 Å². The molecule has 1 saturated heterocycles. The van der Waals surface area contributed by atoms with Crippen LogP contribution in [-0.4, -0.2) is 36.2 Å². The van der Waals surface area contributed by atoms with Gasteiger partial charge in [0.2, 0.25) is 0 Å². The summed E-state index contributed by atoms with van der Waals surface area (Å²) in [6.07, 6.45) is -4.64. The lowest BCUT2D eigenvalue weighted by molar-refractivity contribution is -0.174. The van der Waals surface area contributed by atoms with Crippen molar-refractivity contribution in [3.8, 4) is 6.07 Å². The number of nitrogens with one attached hydrogen (secondary N) is 1. The van der Waals surface area contributed by atoms with Gasteiger partial charge in [0.15, 0.2) is 5.69 Å². The van der Waals surface area contributed by atoms with E-state index in [0.717, 1.165) is 0 Å². The average molecular weight is 427 g/mol. The molecule has 1 aliphatic rings. The summed E-state index contributed by atoms with van der Waals surface area (Å²) in [5.41, 5.74) is 0.626. The topological polar surface area (TPSA) is 69.0 Å². The molecule has 2 unspecified atom stereocenters. The first-order valence-electron chi connectivity index (χ1n) is 8.64. The van der Waals surface area contributed by atoms with E-state index in [9.17, 15) is 22.4 Å². The molecule has 2 atom stereocenters. The maximum absolute atomic E-state index is 13.2. The molecule has 2 heterocycles. The summed E-state index contributed by atoms with van der Waals surface area (Å²) in [6.45, 7) is 0.448. The maximum atomic E-state index is 13.2. The summed E-state index contributed by atoms with van der Waals surface area (Å²) in [6, 6.07) is 9.45. The first kappa shape index (κ1) is 20.9. The molecular formula is C19H15ClF4N4O. The minimum Gasteiger partial charge on any atom is -0.354 e. The minimum absolute atomic E-state index is 0.000650. The van der Waals surface area contributed by atoms with Crippen LogP contribution in [0.4, 0.5) is 23.4 Å². The predicted octanol–water partition coefficient (Wildman–Crippen LogP) is 3.79. The molecule has 1 aromatic heterocycles. The summed E-state index contributed by atoms with van der Waals surface area (Å²) >= 11 is 5.88. The van der Waals surface area contributed by atoms with Crippen LogP contribution in [0.25, 0.3) is 0 Å². The number of amides is 1. The number of carbonyl (C=O) groups excluding carboxylic acids is 1. The van der Waals surface area contributed by atoms with Crippen LogP contribution in [0.3, 0.4) is 0 Å². The van der Waals surface area contributed by atoms with Gasteiger partial charge in [-0.25, -0.2) is 9.37 Å². The van der Waals surface area contributed by atoms with Crippen molar-refractivity contribution in [1.29, 1.82) is 5.26 Å². The summed E-state index contributed by atoms with van der Waals surface area (Å²) in [5.74, 6) is -2.58. The Morgan fingerprint density at radius 2 is 1.93 bits per heavy atom. The quantitative estimate of drug-likeness (QED) is 0.758. The Hall–Kier alpha value is -2.86. The molecule has 2 aromatic rings. The van der Waals surface area contributed by atoms with Crippen molar-refractivity contribution in [2.75, 3.05) is 18.0 Å². The van der Waals surface area contributed by atoms with Gasteiger partial charge in [0.25, 0.3) is 0 Å². The molecule has 1 amide bonds. The number of benzene rings is 1. The van der Waals surface area contributed by atoms with Crippen LogP contribution in [0.5, 0.6) is 0 Å². The summed E-state index contributed by atoms with van der Waals surface area (Å²) < 4.78 is 51.7. The van der Waals surface area contributed by atoms with Crippen molar-refractivity contribution in [2.24, 2.45) is 0 Å². The second kappa shape index (κ2) is 8.25. The van der Waals surface area contributed by atoms with E-state index < -0.39 is 29.9 Å². The second-order valence-electron chi connectivity index (χ2n) is 6.58. The number of alkyl halides is 3. The molecule has 1 N–H and O–H groups in total. The monoisotopic (exact) mass is 426 g/mol. The minimum atomic E-state index is -5.03. The number of pyridine rings is 1. The van der Waals surface area contributed by atoms with Crippen molar-refractivity contribution in [3.05, 3.63) is 58.5 Å². The van der Waals surface area contributed by atoms with Gasteiger partial charge < -0.3 is 10.2 Å². The number of nitrogens with zero attached hydrogens (tertiary/aromatic N) is 3. The van der Waals surface area contributed by atoms with Gasteiger partial charge in [0, 0.05) is 19.0 Å². The maximum Gasteiger partial charge on any atom is 0.471 e. The third kappa shape index (κ3) is 4.77. The van der Waals surface area contributed by atoms with Crippen molar-refractivity contribution in [1.82, 2.24) is 10.3 Å². The molecule has 5 nitrogen and oxygen atoms in total. The molecule has 1 aliphatic heterocycles. The van der Waals surface area contributed by atoms with Crippen LogP contribution in [0.1, 0.15) is 23.6 Å². The van der Waals surface area contributed by atoms with Crippen LogP contribution in [0, 0.1) is 17.1 Å². The number of carbonyl (C=O) groups is 1. The lowest BCUT2D eigenvalue weighted by Crippen LogP contribution is -2.54. The lowest BCUT2D eigenvalue weighted by atomic mass is 9.85. The Bertz CT molecular complexity index is 943. The normalized spacial score (nSPS) is 19.5. The van der Waals surface area contributed by atoms with E-state index in [1.54, 1.807) is 11.0 Å². The SMILES string of the molecule is N#Cc1nc(N2CCC(c3ccc(F)cc3)C(NC(=O)C(F)(F)F)C2)ccc1Cl. The van der Waals surface area contributed by atoms with Crippen LogP contribution in [0.15, 0.2) is 36.4 Å². The fraction of sp³-hybridized carbons (Fsp3) is 0.316. The van der Waals surface area contributed by atoms with Gasteiger partial charge in [0.05, 0.1) is 11.1 Å². The zero-order valence-electron chi connectivity index (χ0n) is 14.9. The van der Waals surface area contributed by atoms with Crippen molar-refractivity contribution < 1.29 is 22.4 Å². The third-order valence-corrected chi connectivity index (χ3v) is 5.05. The Kier molecular flexibility index (Phi) is 5.94. The first-order valence-corrected chi connectivity index (χ1v) is 9.01. The summed E-state index contributed by atoms with van der Waals surface area (Å²) in [7, 11) is 0. The van der Waals surface area contributed by atoms with Crippen LogP contribution in [-0.2, 0) is 4.79 Å². The van der Waals surface area contributed by atoms with E-state index in [4.69, 9.17) is 16.9 Å². The van der Waals surface area contributed by atoms with E-state index in [1.807, 2.05) is 11.4 Å². The fourth-order valence-electron chi connectivity index (χ4n) is 3.35. The highest BCUT2D eigenvalue weighted by Gasteiger charge is 2.42. The molecule has 0 spiro atoms. The smallest absolute Gasteiger partial charge is 0.354 e. The van der Waals surface area contributed by atoms with Crippen LogP contribution >= 0.6 is 11.6 Å². The van der Waals surface area contributed by atoms with Gasteiger partial charge in [-0.05, 0) is 36.2 Å². The third-order valence-electron chi connectivity index (χ3n) is 4.75. The summed E-state index contributed by atoms with van der Waals surface area (Å²) in [4.78, 5) is 17.4. The Morgan fingerprint density at radius 3 is 2.55 bits per heavy atom. The molecule has 0 bridgehead atoms. The number of hydrogen-bond acceptors (Lipinski definition) is 4. The Morgan fingerprint density at radius 1 is 1.24 bits per heavy atom. The van der Waals surface area contributed by atoms with Gasteiger partial charge in [0.1, 0.15) is 17.7 Å². The molecule has 0 aliphatic carbocycles. The van der Waals surface area contributed by atoms with Gasteiger partial charge in [-0.2, -0.15) is 18.4 Å². The Labute approximate surface area is 168 Å². The molecule has 0 saturated carbocycles. The Balaban J connectivity index is 1.88. The van der Waals surface area contributed by atoms with E-state index >= 15 is 0 Å². The standard InChI is InChI=1S/C19H15ClF4N4O/c20-14-5-6-17(26-15(14)9-25)28-8-7-13(11-1-3-12(21)4-2-11)16(10-28)27-18(29)19(22,23)24/h1-6,13,16H,7-8,10H2,(H,27,29). The molecule has 0 radical (unpaired) electrons. The lowest BCUT2D eigenvalue weighted by Gasteiger charge is -2.40. The molecule has 10 heteroatoms. The molecule has 1 aromatic carbocycles. The van der Waals surface area contributed by atoms with E-state index in [1.165, 1.54) is 30.3 Å². The number of piperidine rings is 1. The zero-order chi connectivity index (χ0) is 21.2. The van der Waals surface area contributed by atoms with Crippen LogP contribution < -0.4 is 10.2 Å². The number of aromatic nitrogens is 1. The van der Waals surface area contributed by atoms with E-state index in [2.05, 4.69) is 4.98 Å². The highest BCUT2D eigenvalue weighted by Crippen LogP contribution is 2.32. The molecule has 29 heavy (non-hydrogen) atoms. The number of hydrogen-bond donors (Lipinski definition) is 1.